The second-order valence-corrected chi connectivity index (χ2v) is 7.74. The van der Waals surface area contributed by atoms with E-state index >= 15 is 0 Å². The molecule has 0 bridgehead atoms. The highest BCUT2D eigenvalue weighted by Crippen LogP contribution is 2.24. The summed E-state index contributed by atoms with van der Waals surface area (Å²) in [6.07, 6.45) is 1.65. The van der Waals surface area contributed by atoms with Gasteiger partial charge in [-0.05, 0) is 49.2 Å². The largest absolute Gasteiger partial charge is 0.459 e. The van der Waals surface area contributed by atoms with Gasteiger partial charge in [0, 0.05) is 16.8 Å². The van der Waals surface area contributed by atoms with Crippen LogP contribution in [0, 0.1) is 0 Å². The fourth-order valence-corrected chi connectivity index (χ4v) is 3.36. The first-order valence-corrected chi connectivity index (χ1v) is 9.46. The van der Waals surface area contributed by atoms with Crippen LogP contribution in [-0.4, -0.2) is 17.1 Å². The summed E-state index contributed by atoms with van der Waals surface area (Å²) in [6, 6.07) is 15.6. The zero-order chi connectivity index (χ0) is 18.5. The zero-order valence-electron chi connectivity index (χ0n) is 14.5. The van der Waals surface area contributed by atoms with E-state index in [1.54, 1.807) is 18.3 Å². The summed E-state index contributed by atoms with van der Waals surface area (Å²) in [7, 11) is 0. The summed E-state index contributed by atoms with van der Waals surface area (Å²) in [6.45, 7) is 4.35. The number of aromatic nitrogens is 1. The maximum atomic E-state index is 11.9. The number of ether oxygens (including phenoxy) is 1. The van der Waals surface area contributed by atoms with Crippen molar-refractivity contribution in [1.29, 1.82) is 0 Å². The van der Waals surface area contributed by atoms with Crippen LogP contribution in [0.5, 0.6) is 0 Å². The van der Waals surface area contributed by atoms with Crippen molar-refractivity contribution >= 4 is 34.6 Å². The van der Waals surface area contributed by atoms with E-state index in [-0.39, 0.29) is 12.1 Å². The smallest absolute Gasteiger partial charge is 0.338 e. The van der Waals surface area contributed by atoms with Crippen LogP contribution in [0.4, 0.5) is 5.69 Å². The number of halogens is 1. The Labute approximate surface area is 161 Å². The zero-order valence-corrected chi connectivity index (χ0v) is 16.1. The molecular weight excluding hydrogens is 368 g/mol. The van der Waals surface area contributed by atoms with Gasteiger partial charge >= 0.3 is 5.97 Å². The molecule has 0 atom stereocenters. The minimum Gasteiger partial charge on any atom is -0.459 e. The van der Waals surface area contributed by atoms with Gasteiger partial charge in [0.1, 0.15) is 0 Å². The lowest BCUT2D eigenvalue weighted by Crippen LogP contribution is -2.11. The lowest BCUT2D eigenvalue weighted by Gasteiger charge is -2.10. The molecule has 0 saturated heterocycles. The van der Waals surface area contributed by atoms with Crippen molar-refractivity contribution in [3.05, 3.63) is 69.6 Å². The lowest BCUT2D eigenvalue weighted by atomic mass is 10.0. The topological polar surface area (TPSA) is 51.2 Å². The molecule has 134 valence electrons. The predicted molar refractivity (Wildman–Crippen MR) is 107 cm³/mol. The summed E-state index contributed by atoms with van der Waals surface area (Å²) in [5.41, 5.74) is 3.67. The van der Waals surface area contributed by atoms with E-state index in [0.717, 1.165) is 21.7 Å². The van der Waals surface area contributed by atoms with Gasteiger partial charge in [-0.3, -0.25) is 0 Å². The van der Waals surface area contributed by atoms with Gasteiger partial charge in [-0.15, -0.1) is 11.3 Å². The van der Waals surface area contributed by atoms with E-state index in [9.17, 15) is 4.79 Å². The summed E-state index contributed by atoms with van der Waals surface area (Å²) in [5.74, 6) is -0.301. The maximum Gasteiger partial charge on any atom is 0.338 e. The molecule has 0 aliphatic rings. The van der Waals surface area contributed by atoms with E-state index in [1.165, 1.54) is 11.3 Å². The average Bonchev–Trinajstić information content (AvgIpc) is 3.05. The molecule has 3 aromatic rings. The Hall–Kier alpha value is -2.37. The highest BCUT2D eigenvalue weighted by atomic mass is 35.5. The first kappa shape index (κ1) is 18.4. The molecular formula is C20H19ClN2O2S. The van der Waals surface area contributed by atoms with Gasteiger partial charge in [0.25, 0.3) is 0 Å². The number of hydrogen-bond donors (Lipinski definition) is 1. The molecule has 0 aliphatic heterocycles. The van der Waals surface area contributed by atoms with Gasteiger partial charge in [-0.2, -0.15) is 0 Å². The molecule has 0 unspecified atom stereocenters. The predicted octanol–water partition coefficient (Wildman–Crippen LogP) is 5.64. The molecule has 6 heteroatoms. The SMILES string of the molecule is CC(C)OC(=O)c1ccc(-c2cccc(NCc3cnc(Cl)s3)c2)cc1. The van der Waals surface area contributed by atoms with Crippen LogP contribution >= 0.6 is 22.9 Å². The highest BCUT2D eigenvalue weighted by Gasteiger charge is 2.09. The molecule has 1 N–H and O–H groups in total. The molecule has 1 heterocycles. The Morgan fingerprint density at radius 3 is 2.62 bits per heavy atom. The average molecular weight is 387 g/mol. The summed E-state index contributed by atoms with van der Waals surface area (Å²) in [4.78, 5) is 17.1. The van der Waals surface area contributed by atoms with Crippen molar-refractivity contribution < 1.29 is 9.53 Å². The van der Waals surface area contributed by atoms with Crippen molar-refractivity contribution in [2.24, 2.45) is 0 Å². The second kappa shape index (κ2) is 8.34. The molecule has 0 amide bonds. The Morgan fingerprint density at radius 1 is 1.19 bits per heavy atom. The first-order valence-electron chi connectivity index (χ1n) is 8.27. The van der Waals surface area contributed by atoms with Crippen LogP contribution in [0.1, 0.15) is 29.1 Å². The van der Waals surface area contributed by atoms with Crippen LogP contribution in [0.2, 0.25) is 4.47 Å². The van der Waals surface area contributed by atoms with E-state index in [0.29, 0.717) is 16.6 Å². The third kappa shape index (κ3) is 4.84. The number of esters is 1. The van der Waals surface area contributed by atoms with Crippen LogP contribution in [-0.2, 0) is 11.3 Å². The molecule has 4 nitrogen and oxygen atoms in total. The quantitative estimate of drug-likeness (QED) is 0.557. The minimum atomic E-state index is -0.301. The van der Waals surface area contributed by atoms with E-state index < -0.39 is 0 Å². The van der Waals surface area contributed by atoms with Gasteiger partial charge in [0.15, 0.2) is 4.47 Å². The molecule has 26 heavy (non-hydrogen) atoms. The third-order valence-corrected chi connectivity index (χ3v) is 4.77. The molecule has 0 spiro atoms. The monoisotopic (exact) mass is 386 g/mol. The van der Waals surface area contributed by atoms with Gasteiger partial charge in [0.05, 0.1) is 18.2 Å². The van der Waals surface area contributed by atoms with Gasteiger partial charge in [-0.1, -0.05) is 35.9 Å². The van der Waals surface area contributed by atoms with Crippen molar-refractivity contribution in [1.82, 2.24) is 4.98 Å². The summed E-state index contributed by atoms with van der Waals surface area (Å²) >= 11 is 7.32. The highest BCUT2D eigenvalue weighted by molar-refractivity contribution is 7.15. The number of nitrogens with zero attached hydrogens (tertiary/aromatic N) is 1. The normalized spacial score (nSPS) is 10.8. The molecule has 1 aromatic heterocycles. The van der Waals surface area contributed by atoms with Gasteiger partial charge < -0.3 is 10.1 Å². The van der Waals surface area contributed by atoms with Gasteiger partial charge in [-0.25, -0.2) is 9.78 Å². The van der Waals surface area contributed by atoms with Crippen LogP contribution in [0.15, 0.2) is 54.7 Å². The van der Waals surface area contributed by atoms with Crippen LogP contribution < -0.4 is 5.32 Å². The number of thiazole rings is 1. The molecule has 0 saturated carbocycles. The van der Waals surface area contributed by atoms with E-state index in [1.807, 2.05) is 44.2 Å². The Morgan fingerprint density at radius 2 is 1.96 bits per heavy atom. The molecule has 0 radical (unpaired) electrons. The lowest BCUT2D eigenvalue weighted by molar-refractivity contribution is 0.0378. The number of hydrogen-bond acceptors (Lipinski definition) is 5. The Kier molecular flexibility index (Phi) is 5.91. The minimum absolute atomic E-state index is 0.127. The molecule has 0 aliphatic carbocycles. The third-order valence-electron chi connectivity index (χ3n) is 3.65. The maximum absolute atomic E-state index is 11.9. The fourth-order valence-electron chi connectivity index (χ4n) is 2.44. The Bertz CT molecular complexity index is 891. The Balaban J connectivity index is 1.70. The van der Waals surface area contributed by atoms with E-state index in [4.69, 9.17) is 16.3 Å². The number of carbonyl (C=O) groups excluding carboxylic acids is 1. The van der Waals surface area contributed by atoms with Crippen LogP contribution in [0.25, 0.3) is 11.1 Å². The van der Waals surface area contributed by atoms with Crippen molar-refractivity contribution in [2.75, 3.05) is 5.32 Å². The number of nitrogens with one attached hydrogen (secondary N) is 1. The number of anilines is 1. The van der Waals surface area contributed by atoms with Crippen molar-refractivity contribution in [3.8, 4) is 11.1 Å². The molecule has 2 aromatic carbocycles. The number of carbonyl (C=O) groups is 1. The standard InChI is InChI=1S/C20H19ClN2O2S/c1-13(2)25-19(24)15-8-6-14(7-9-15)16-4-3-5-17(10-16)22-11-18-12-23-20(21)26-18/h3-10,12-13,22H,11H2,1-2H3. The first-order chi connectivity index (χ1) is 12.5. The molecule has 3 rings (SSSR count). The summed E-state index contributed by atoms with van der Waals surface area (Å²) in [5, 5.41) is 3.37. The summed E-state index contributed by atoms with van der Waals surface area (Å²) < 4.78 is 5.76. The van der Waals surface area contributed by atoms with Gasteiger partial charge in [0.2, 0.25) is 0 Å². The van der Waals surface area contributed by atoms with Crippen LogP contribution in [0.3, 0.4) is 0 Å². The van der Waals surface area contributed by atoms with Crippen molar-refractivity contribution in [2.45, 2.75) is 26.5 Å². The van der Waals surface area contributed by atoms with E-state index in [2.05, 4.69) is 16.4 Å². The number of benzene rings is 2. The molecule has 0 fully saturated rings. The fraction of sp³-hybridized carbons (Fsp3) is 0.200. The number of rotatable bonds is 6. The second-order valence-electron chi connectivity index (χ2n) is 6.05. The van der Waals surface area contributed by atoms with Crippen molar-refractivity contribution in [3.63, 3.8) is 0 Å².